The van der Waals surface area contributed by atoms with Gasteiger partial charge < -0.3 is 5.32 Å². The van der Waals surface area contributed by atoms with Crippen molar-refractivity contribution in [2.24, 2.45) is 0 Å². The minimum atomic E-state index is -3.17. The molecule has 1 atom stereocenters. The van der Waals surface area contributed by atoms with Gasteiger partial charge in [-0.3, -0.25) is 0 Å². The molecule has 0 aromatic heterocycles. The van der Waals surface area contributed by atoms with E-state index in [0.29, 0.717) is 16.9 Å². The Morgan fingerprint density at radius 1 is 1.14 bits per heavy atom. The molecule has 1 heterocycles. The average molecular weight is 298 g/mol. The second-order valence-corrected chi connectivity index (χ2v) is 7.11. The first-order chi connectivity index (χ1) is 10.1. The van der Waals surface area contributed by atoms with Crippen LogP contribution >= 0.6 is 0 Å². The van der Waals surface area contributed by atoms with Crippen LogP contribution in [0.25, 0.3) is 0 Å². The molecule has 0 amide bonds. The summed E-state index contributed by atoms with van der Waals surface area (Å²) in [6.07, 6.45) is 0.524. The van der Waals surface area contributed by atoms with Crippen LogP contribution in [0.15, 0.2) is 53.4 Å². The Labute approximate surface area is 124 Å². The molecule has 0 radical (unpaired) electrons. The molecule has 0 bridgehead atoms. The molecule has 2 aromatic rings. The number of nitrogens with one attached hydrogen (secondary N) is 1. The van der Waals surface area contributed by atoms with Crippen LogP contribution < -0.4 is 5.32 Å². The highest BCUT2D eigenvalue weighted by molar-refractivity contribution is 7.91. The summed E-state index contributed by atoms with van der Waals surface area (Å²) in [5.41, 5.74) is 2.20. The number of hydrogen-bond donors (Lipinski definition) is 1. The van der Waals surface area contributed by atoms with Crippen molar-refractivity contribution in [3.8, 4) is 6.07 Å². The van der Waals surface area contributed by atoms with Gasteiger partial charge in [-0.1, -0.05) is 24.3 Å². The standard InChI is InChI=1S/C16H14N2O2S/c17-11-12-4-3-5-13(10-12)18-15-8-9-21(19,20)16-7-2-1-6-14(15)16/h1-7,10,15,18H,8-9H2. The molecule has 106 valence electrons. The average Bonchev–Trinajstić information content (AvgIpc) is 2.51. The zero-order chi connectivity index (χ0) is 14.9. The van der Waals surface area contributed by atoms with Crippen molar-refractivity contribution in [2.45, 2.75) is 17.4 Å². The Hall–Kier alpha value is -2.32. The molecule has 0 aliphatic carbocycles. The highest BCUT2D eigenvalue weighted by Gasteiger charge is 2.29. The van der Waals surface area contributed by atoms with E-state index in [-0.39, 0.29) is 11.8 Å². The van der Waals surface area contributed by atoms with Gasteiger partial charge in [0.15, 0.2) is 9.84 Å². The van der Waals surface area contributed by atoms with E-state index in [1.54, 1.807) is 24.3 Å². The Bertz CT molecular complexity index is 822. The van der Waals surface area contributed by atoms with Gasteiger partial charge in [0.05, 0.1) is 28.3 Å². The van der Waals surface area contributed by atoms with E-state index in [4.69, 9.17) is 5.26 Å². The van der Waals surface area contributed by atoms with Crippen LogP contribution in [0.2, 0.25) is 0 Å². The molecule has 0 fully saturated rings. The summed E-state index contributed by atoms with van der Waals surface area (Å²) in [5, 5.41) is 12.3. The number of nitriles is 1. The molecule has 5 heteroatoms. The highest BCUT2D eigenvalue weighted by atomic mass is 32.2. The molecule has 1 aliphatic rings. The van der Waals surface area contributed by atoms with Crippen molar-refractivity contribution in [3.05, 3.63) is 59.7 Å². The summed E-state index contributed by atoms with van der Waals surface area (Å²) < 4.78 is 24.2. The van der Waals surface area contributed by atoms with E-state index < -0.39 is 9.84 Å². The lowest BCUT2D eigenvalue weighted by Gasteiger charge is -2.27. The van der Waals surface area contributed by atoms with Gasteiger partial charge in [0.1, 0.15) is 0 Å². The molecule has 1 aliphatic heterocycles. The van der Waals surface area contributed by atoms with Gasteiger partial charge >= 0.3 is 0 Å². The molecule has 0 saturated carbocycles. The zero-order valence-electron chi connectivity index (χ0n) is 11.3. The Morgan fingerprint density at radius 2 is 1.95 bits per heavy atom. The van der Waals surface area contributed by atoms with Crippen molar-refractivity contribution >= 4 is 15.5 Å². The van der Waals surface area contributed by atoms with Crippen LogP contribution in [-0.2, 0) is 9.84 Å². The van der Waals surface area contributed by atoms with E-state index in [1.165, 1.54) is 0 Å². The molecule has 1 unspecified atom stereocenters. The first-order valence-electron chi connectivity index (χ1n) is 6.68. The summed E-state index contributed by atoms with van der Waals surface area (Å²) in [4.78, 5) is 0.408. The summed E-state index contributed by atoms with van der Waals surface area (Å²) >= 11 is 0. The fraction of sp³-hybridized carbons (Fsp3) is 0.188. The lowest BCUT2D eigenvalue weighted by Crippen LogP contribution is -2.24. The normalized spacial score (nSPS) is 19.3. The third-order valence-electron chi connectivity index (χ3n) is 3.64. The molecular formula is C16H14N2O2S. The van der Waals surface area contributed by atoms with Crippen molar-refractivity contribution in [1.82, 2.24) is 0 Å². The van der Waals surface area contributed by atoms with Gasteiger partial charge in [-0.2, -0.15) is 5.26 Å². The maximum Gasteiger partial charge on any atom is 0.178 e. The minimum Gasteiger partial charge on any atom is -0.378 e. The fourth-order valence-corrected chi connectivity index (χ4v) is 4.24. The summed E-state index contributed by atoms with van der Waals surface area (Å²) in [6, 6.07) is 16.3. The second-order valence-electron chi connectivity index (χ2n) is 5.03. The summed E-state index contributed by atoms with van der Waals surface area (Å²) in [6.45, 7) is 0. The number of anilines is 1. The number of rotatable bonds is 2. The van der Waals surface area contributed by atoms with E-state index in [0.717, 1.165) is 11.3 Å². The Balaban J connectivity index is 1.96. The third-order valence-corrected chi connectivity index (χ3v) is 5.45. The Morgan fingerprint density at radius 3 is 2.76 bits per heavy atom. The van der Waals surface area contributed by atoms with E-state index in [9.17, 15) is 8.42 Å². The van der Waals surface area contributed by atoms with Crippen LogP contribution in [0, 0.1) is 11.3 Å². The van der Waals surface area contributed by atoms with Gasteiger partial charge in [-0.05, 0) is 36.2 Å². The number of sulfone groups is 1. The summed E-state index contributed by atoms with van der Waals surface area (Å²) in [7, 11) is -3.17. The van der Waals surface area contributed by atoms with Gasteiger partial charge in [0.25, 0.3) is 0 Å². The van der Waals surface area contributed by atoms with Gasteiger partial charge in [-0.15, -0.1) is 0 Å². The van der Waals surface area contributed by atoms with Crippen LogP contribution in [-0.4, -0.2) is 14.2 Å². The predicted octanol–water partition coefficient (Wildman–Crippen LogP) is 2.89. The topological polar surface area (TPSA) is 70.0 Å². The van der Waals surface area contributed by atoms with Gasteiger partial charge in [-0.25, -0.2) is 8.42 Å². The van der Waals surface area contributed by atoms with Crippen LogP contribution in [0.4, 0.5) is 5.69 Å². The predicted molar refractivity (Wildman–Crippen MR) is 80.6 cm³/mol. The Kier molecular flexibility index (Phi) is 3.40. The van der Waals surface area contributed by atoms with Crippen molar-refractivity contribution in [3.63, 3.8) is 0 Å². The largest absolute Gasteiger partial charge is 0.378 e. The molecule has 21 heavy (non-hydrogen) atoms. The van der Waals surface area contributed by atoms with Crippen LogP contribution in [0.5, 0.6) is 0 Å². The molecular weight excluding hydrogens is 284 g/mol. The lowest BCUT2D eigenvalue weighted by molar-refractivity contribution is 0.576. The molecule has 4 nitrogen and oxygen atoms in total. The van der Waals surface area contributed by atoms with Crippen molar-refractivity contribution < 1.29 is 8.42 Å². The van der Waals surface area contributed by atoms with Gasteiger partial charge in [0.2, 0.25) is 0 Å². The van der Waals surface area contributed by atoms with E-state index in [1.807, 2.05) is 24.3 Å². The lowest BCUT2D eigenvalue weighted by atomic mass is 10.0. The SMILES string of the molecule is N#Cc1cccc(NC2CCS(=O)(=O)c3ccccc32)c1. The molecule has 0 saturated heterocycles. The zero-order valence-corrected chi connectivity index (χ0v) is 12.1. The first-order valence-corrected chi connectivity index (χ1v) is 8.34. The number of fused-ring (bicyclic) bond motifs is 1. The molecule has 0 spiro atoms. The van der Waals surface area contributed by atoms with Crippen LogP contribution in [0.1, 0.15) is 23.6 Å². The van der Waals surface area contributed by atoms with Crippen molar-refractivity contribution in [2.75, 3.05) is 11.1 Å². The van der Waals surface area contributed by atoms with Gasteiger partial charge in [0, 0.05) is 5.69 Å². The monoisotopic (exact) mass is 298 g/mol. The van der Waals surface area contributed by atoms with Crippen molar-refractivity contribution in [1.29, 1.82) is 5.26 Å². The number of hydrogen-bond acceptors (Lipinski definition) is 4. The number of nitrogens with zero attached hydrogens (tertiary/aromatic N) is 1. The third kappa shape index (κ3) is 2.63. The maximum atomic E-state index is 12.1. The van der Waals surface area contributed by atoms with E-state index >= 15 is 0 Å². The molecule has 1 N–H and O–H groups in total. The number of benzene rings is 2. The van der Waals surface area contributed by atoms with Crippen LogP contribution in [0.3, 0.4) is 0 Å². The minimum absolute atomic E-state index is 0.0568. The fourth-order valence-electron chi connectivity index (χ4n) is 2.62. The smallest absolute Gasteiger partial charge is 0.178 e. The second kappa shape index (κ2) is 5.23. The maximum absolute atomic E-state index is 12.1. The first kappa shape index (κ1) is 13.7. The molecule has 3 rings (SSSR count). The molecule has 2 aromatic carbocycles. The quantitative estimate of drug-likeness (QED) is 0.925. The summed E-state index contributed by atoms with van der Waals surface area (Å²) in [5.74, 6) is 0.139. The highest BCUT2D eigenvalue weighted by Crippen LogP contribution is 2.34. The van der Waals surface area contributed by atoms with E-state index in [2.05, 4.69) is 11.4 Å².